The van der Waals surface area contributed by atoms with E-state index in [-0.39, 0.29) is 6.42 Å². The van der Waals surface area contributed by atoms with E-state index in [1.54, 1.807) is 20.8 Å². The van der Waals surface area contributed by atoms with Crippen LogP contribution in [-0.4, -0.2) is 77.6 Å². The van der Waals surface area contributed by atoms with E-state index in [2.05, 4.69) is 17.0 Å². The number of carbonyl (C=O) groups is 1. The second-order valence-electron chi connectivity index (χ2n) is 8.77. The van der Waals surface area contributed by atoms with Crippen LogP contribution in [0.2, 0.25) is 0 Å². The predicted octanol–water partition coefficient (Wildman–Crippen LogP) is 3.45. The maximum Gasteiger partial charge on any atom is 0.410 e. The van der Waals surface area contributed by atoms with Gasteiger partial charge in [0.25, 0.3) is 5.92 Å². The second kappa shape index (κ2) is 8.33. The third-order valence-corrected chi connectivity index (χ3v) is 5.31. The number of carbonyl (C=O) groups excluding carboxylic acids is 1. The highest BCUT2D eigenvalue weighted by Crippen LogP contribution is 2.32. The Morgan fingerprint density at radius 3 is 2.32 bits per heavy atom. The number of nitrogens with zero attached hydrogens (tertiary/aromatic N) is 3. The number of piperidine rings is 1. The Morgan fingerprint density at radius 2 is 1.75 bits per heavy atom. The quantitative estimate of drug-likeness (QED) is 0.786. The molecule has 0 spiro atoms. The van der Waals surface area contributed by atoms with Gasteiger partial charge in [0.1, 0.15) is 5.60 Å². The van der Waals surface area contributed by atoms with Crippen molar-refractivity contribution in [1.29, 1.82) is 0 Å². The largest absolute Gasteiger partial charge is 0.444 e. The molecule has 2 aliphatic rings. The minimum absolute atomic E-state index is 0.269. The Balaban J connectivity index is 1.52. The number of benzene rings is 1. The summed E-state index contributed by atoms with van der Waals surface area (Å²) in [6.07, 6.45) is -0.386. The van der Waals surface area contributed by atoms with E-state index in [1.807, 2.05) is 23.1 Å². The second-order valence-corrected chi connectivity index (χ2v) is 8.77. The van der Waals surface area contributed by atoms with Crippen LogP contribution in [0.1, 0.15) is 32.8 Å². The van der Waals surface area contributed by atoms with E-state index < -0.39 is 30.2 Å². The van der Waals surface area contributed by atoms with Gasteiger partial charge < -0.3 is 9.64 Å². The van der Waals surface area contributed by atoms with E-state index >= 15 is 0 Å². The molecule has 2 heterocycles. The summed E-state index contributed by atoms with van der Waals surface area (Å²) in [5, 5.41) is 0. The summed E-state index contributed by atoms with van der Waals surface area (Å²) in [7, 11) is 0. The van der Waals surface area contributed by atoms with Crippen molar-refractivity contribution >= 4 is 6.09 Å². The summed E-state index contributed by atoms with van der Waals surface area (Å²) < 4.78 is 34.9. The molecule has 0 N–H and O–H groups in total. The van der Waals surface area contributed by atoms with E-state index in [1.165, 1.54) is 5.56 Å². The zero-order chi connectivity index (χ0) is 20.4. The standard InChI is InChI=1S/C21H31F2N3O2/c1-20(2,3)28-19(27)26-10-9-18(21(22,23)16-26)25-13-11-24(12-14-25)15-17-7-5-4-6-8-17/h4-8,18H,9-16H2,1-3H3/t18-/m0/s1. The molecule has 0 aliphatic carbocycles. The minimum atomic E-state index is -2.93. The highest BCUT2D eigenvalue weighted by atomic mass is 19.3. The molecule has 0 bridgehead atoms. The lowest BCUT2D eigenvalue weighted by molar-refractivity contribution is -0.132. The van der Waals surface area contributed by atoms with Gasteiger partial charge in [-0.05, 0) is 32.8 Å². The first-order valence-corrected chi connectivity index (χ1v) is 10.0. The van der Waals surface area contributed by atoms with E-state index in [9.17, 15) is 13.6 Å². The van der Waals surface area contributed by atoms with Crippen molar-refractivity contribution in [2.45, 2.75) is 51.3 Å². The van der Waals surface area contributed by atoms with Gasteiger partial charge in [-0.2, -0.15) is 0 Å². The van der Waals surface area contributed by atoms with Crippen LogP contribution in [0.15, 0.2) is 30.3 Å². The van der Waals surface area contributed by atoms with Gasteiger partial charge in [-0.3, -0.25) is 9.80 Å². The van der Waals surface area contributed by atoms with Gasteiger partial charge in [-0.25, -0.2) is 13.6 Å². The van der Waals surface area contributed by atoms with Crippen LogP contribution in [0.4, 0.5) is 13.6 Å². The molecule has 0 saturated carbocycles. The summed E-state index contributed by atoms with van der Waals surface area (Å²) in [5.41, 5.74) is 0.560. The van der Waals surface area contributed by atoms with E-state index in [4.69, 9.17) is 4.74 Å². The molecule has 0 radical (unpaired) electrons. The fourth-order valence-corrected chi connectivity index (χ4v) is 3.93. The molecular weight excluding hydrogens is 364 g/mol. The Bertz CT molecular complexity index is 655. The Labute approximate surface area is 166 Å². The van der Waals surface area contributed by atoms with Crippen molar-refractivity contribution < 1.29 is 18.3 Å². The van der Waals surface area contributed by atoms with Crippen LogP contribution in [-0.2, 0) is 11.3 Å². The number of hydrogen-bond donors (Lipinski definition) is 0. The van der Waals surface area contributed by atoms with Crippen molar-refractivity contribution in [3.8, 4) is 0 Å². The van der Waals surface area contributed by atoms with Crippen LogP contribution in [0.3, 0.4) is 0 Å². The van der Waals surface area contributed by atoms with Gasteiger partial charge in [-0.1, -0.05) is 30.3 Å². The van der Waals surface area contributed by atoms with E-state index in [0.29, 0.717) is 19.6 Å². The highest BCUT2D eigenvalue weighted by molar-refractivity contribution is 5.68. The maximum absolute atomic E-state index is 14.8. The molecule has 1 aromatic rings. The third-order valence-electron chi connectivity index (χ3n) is 5.31. The summed E-state index contributed by atoms with van der Waals surface area (Å²) in [5.74, 6) is -2.93. The molecule has 3 rings (SSSR count). The van der Waals surface area contributed by atoms with E-state index in [0.717, 1.165) is 24.5 Å². The van der Waals surface area contributed by atoms with Crippen LogP contribution in [0.25, 0.3) is 0 Å². The number of rotatable bonds is 3. The number of ether oxygens (including phenoxy) is 1. The molecule has 1 aromatic carbocycles. The number of likely N-dealkylation sites (tertiary alicyclic amines) is 1. The lowest BCUT2D eigenvalue weighted by atomic mass is 9.98. The SMILES string of the molecule is CC(C)(C)OC(=O)N1CC[C@H](N2CCN(Cc3ccccc3)CC2)C(F)(F)C1. The summed E-state index contributed by atoms with van der Waals surface area (Å²) in [4.78, 5) is 17.5. The normalized spacial score (nSPS) is 24.2. The van der Waals surface area contributed by atoms with Crippen LogP contribution < -0.4 is 0 Å². The number of hydrogen-bond acceptors (Lipinski definition) is 4. The lowest BCUT2D eigenvalue weighted by Gasteiger charge is -2.46. The smallest absolute Gasteiger partial charge is 0.410 e. The van der Waals surface area contributed by atoms with Gasteiger partial charge in [0, 0.05) is 39.3 Å². The fraction of sp³-hybridized carbons (Fsp3) is 0.667. The molecule has 28 heavy (non-hydrogen) atoms. The molecule has 2 fully saturated rings. The number of amides is 1. The van der Waals surface area contributed by atoms with Crippen LogP contribution in [0.5, 0.6) is 0 Å². The lowest BCUT2D eigenvalue weighted by Crippen LogP contribution is -2.62. The van der Waals surface area contributed by atoms with Gasteiger partial charge in [-0.15, -0.1) is 0 Å². The Morgan fingerprint density at radius 1 is 1.11 bits per heavy atom. The number of piperazine rings is 1. The van der Waals surface area contributed by atoms with Crippen molar-refractivity contribution in [2.75, 3.05) is 39.3 Å². The van der Waals surface area contributed by atoms with Crippen LogP contribution >= 0.6 is 0 Å². The molecule has 2 saturated heterocycles. The van der Waals surface area contributed by atoms with Gasteiger partial charge in [0.2, 0.25) is 0 Å². The zero-order valence-corrected chi connectivity index (χ0v) is 17.0. The Kier molecular flexibility index (Phi) is 6.25. The molecule has 5 nitrogen and oxygen atoms in total. The average Bonchev–Trinajstić information content (AvgIpc) is 2.61. The van der Waals surface area contributed by atoms with Crippen molar-refractivity contribution in [3.05, 3.63) is 35.9 Å². The van der Waals surface area contributed by atoms with Gasteiger partial charge >= 0.3 is 6.09 Å². The molecule has 1 atom stereocenters. The predicted molar refractivity (Wildman–Crippen MR) is 104 cm³/mol. The molecule has 0 unspecified atom stereocenters. The minimum Gasteiger partial charge on any atom is -0.444 e. The number of alkyl halides is 2. The van der Waals surface area contributed by atoms with Crippen LogP contribution in [0, 0.1) is 0 Å². The topological polar surface area (TPSA) is 36.0 Å². The van der Waals surface area contributed by atoms with Crippen molar-refractivity contribution in [1.82, 2.24) is 14.7 Å². The zero-order valence-electron chi connectivity index (χ0n) is 17.0. The maximum atomic E-state index is 14.8. The number of halogens is 2. The third kappa shape index (κ3) is 5.41. The molecule has 156 valence electrons. The monoisotopic (exact) mass is 395 g/mol. The first-order chi connectivity index (χ1) is 13.1. The molecule has 7 heteroatoms. The van der Waals surface area contributed by atoms with Gasteiger partial charge in [0.05, 0.1) is 12.6 Å². The first kappa shape index (κ1) is 21.0. The van der Waals surface area contributed by atoms with Crippen molar-refractivity contribution in [2.24, 2.45) is 0 Å². The summed E-state index contributed by atoms with van der Waals surface area (Å²) in [6.45, 7) is 8.60. The van der Waals surface area contributed by atoms with Crippen molar-refractivity contribution in [3.63, 3.8) is 0 Å². The summed E-state index contributed by atoms with van der Waals surface area (Å²) in [6, 6.07) is 9.40. The first-order valence-electron chi connectivity index (χ1n) is 10.0. The summed E-state index contributed by atoms with van der Waals surface area (Å²) >= 11 is 0. The van der Waals surface area contributed by atoms with Gasteiger partial charge in [0.15, 0.2) is 0 Å². The molecular formula is C21H31F2N3O2. The molecule has 0 aromatic heterocycles. The molecule has 2 aliphatic heterocycles. The average molecular weight is 395 g/mol. The fourth-order valence-electron chi connectivity index (χ4n) is 3.93. The Hall–Kier alpha value is -1.73. The highest BCUT2D eigenvalue weighted by Gasteiger charge is 2.49. The molecule has 1 amide bonds.